The summed E-state index contributed by atoms with van der Waals surface area (Å²) in [7, 11) is -3.68. The van der Waals surface area contributed by atoms with Gasteiger partial charge in [-0.05, 0) is 54.7 Å². The van der Waals surface area contributed by atoms with E-state index in [4.69, 9.17) is 0 Å². The van der Waals surface area contributed by atoms with Gasteiger partial charge < -0.3 is 5.32 Å². The minimum absolute atomic E-state index is 0.214. The SMILES string of the molecule is O=C(CNS(=O)(=O)c1ccc2c(c1)CCC2)Nc1ccccc1. The Morgan fingerprint density at radius 2 is 1.74 bits per heavy atom. The van der Waals surface area contributed by atoms with E-state index >= 15 is 0 Å². The smallest absolute Gasteiger partial charge is 0.241 e. The van der Waals surface area contributed by atoms with E-state index < -0.39 is 15.9 Å². The molecular formula is C17H18N2O3S. The Bertz CT molecular complexity index is 817. The molecule has 120 valence electrons. The van der Waals surface area contributed by atoms with E-state index in [0.717, 1.165) is 24.8 Å². The number of aryl methyl sites for hydroxylation is 2. The monoisotopic (exact) mass is 330 g/mol. The molecule has 0 atom stereocenters. The van der Waals surface area contributed by atoms with Crippen molar-refractivity contribution in [3.63, 3.8) is 0 Å². The minimum atomic E-state index is -3.68. The summed E-state index contributed by atoms with van der Waals surface area (Å²) >= 11 is 0. The van der Waals surface area contributed by atoms with Crippen LogP contribution in [0.4, 0.5) is 5.69 Å². The van der Waals surface area contributed by atoms with Crippen molar-refractivity contribution in [3.8, 4) is 0 Å². The first-order valence-electron chi connectivity index (χ1n) is 7.51. The molecule has 0 saturated heterocycles. The van der Waals surface area contributed by atoms with Gasteiger partial charge in [0.15, 0.2) is 0 Å². The highest BCUT2D eigenvalue weighted by atomic mass is 32.2. The van der Waals surface area contributed by atoms with Crippen molar-refractivity contribution in [2.75, 3.05) is 11.9 Å². The number of sulfonamides is 1. The zero-order valence-electron chi connectivity index (χ0n) is 12.6. The molecule has 0 bridgehead atoms. The standard InChI is InChI=1S/C17H18N2O3S/c20-17(19-15-7-2-1-3-8-15)12-18-23(21,22)16-10-9-13-5-4-6-14(13)11-16/h1-3,7-11,18H,4-6,12H2,(H,19,20). The molecule has 0 heterocycles. The van der Waals surface area contributed by atoms with Gasteiger partial charge in [-0.25, -0.2) is 13.1 Å². The Kier molecular flexibility index (Phi) is 4.45. The van der Waals surface area contributed by atoms with Gasteiger partial charge in [0.2, 0.25) is 15.9 Å². The van der Waals surface area contributed by atoms with Crippen LogP contribution in [0.3, 0.4) is 0 Å². The van der Waals surface area contributed by atoms with Crippen LogP contribution in [0.2, 0.25) is 0 Å². The van der Waals surface area contributed by atoms with Crippen LogP contribution < -0.4 is 10.0 Å². The summed E-state index contributed by atoms with van der Waals surface area (Å²) in [6, 6.07) is 14.1. The molecule has 0 aliphatic heterocycles. The van der Waals surface area contributed by atoms with E-state index in [1.54, 1.807) is 36.4 Å². The van der Waals surface area contributed by atoms with Crippen LogP contribution in [-0.2, 0) is 27.7 Å². The number of fused-ring (bicyclic) bond motifs is 1. The summed E-state index contributed by atoms with van der Waals surface area (Å²) in [5, 5.41) is 2.64. The highest BCUT2D eigenvalue weighted by Crippen LogP contribution is 2.24. The molecule has 0 radical (unpaired) electrons. The first-order valence-corrected chi connectivity index (χ1v) is 8.99. The fraction of sp³-hybridized carbons (Fsp3) is 0.235. The number of nitrogens with one attached hydrogen (secondary N) is 2. The largest absolute Gasteiger partial charge is 0.325 e. The summed E-state index contributed by atoms with van der Waals surface area (Å²) in [6.07, 6.45) is 2.97. The van der Waals surface area contributed by atoms with Crippen LogP contribution in [0.25, 0.3) is 0 Å². The van der Waals surface area contributed by atoms with E-state index in [1.165, 1.54) is 5.56 Å². The molecule has 3 rings (SSSR count). The maximum atomic E-state index is 12.3. The molecule has 0 saturated carbocycles. The summed E-state index contributed by atoms with van der Waals surface area (Å²) in [5.74, 6) is -0.402. The lowest BCUT2D eigenvalue weighted by Gasteiger charge is -2.09. The van der Waals surface area contributed by atoms with Gasteiger partial charge in [0.05, 0.1) is 11.4 Å². The molecule has 0 fully saturated rings. The van der Waals surface area contributed by atoms with E-state index in [2.05, 4.69) is 10.0 Å². The molecule has 0 unspecified atom stereocenters. The molecule has 2 aromatic rings. The average molecular weight is 330 g/mol. The zero-order valence-corrected chi connectivity index (χ0v) is 13.4. The number of para-hydroxylation sites is 1. The number of hydrogen-bond donors (Lipinski definition) is 2. The predicted octanol–water partition coefficient (Wildman–Crippen LogP) is 2.09. The zero-order chi connectivity index (χ0) is 16.3. The first kappa shape index (κ1) is 15.7. The third-order valence-electron chi connectivity index (χ3n) is 3.86. The average Bonchev–Trinajstić information content (AvgIpc) is 3.02. The van der Waals surface area contributed by atoms with Crippen molar-refractivity contribution < 1.29 is 13.2 Å². The van der Waals surface area contributed by atoms with E-state index in [9.17, 15) is 13.2 Å². The van der Waals surface area contributed by atoms with Crippen LogP contribution >= 0.6 is 0 Å². The van der Waals surface area contributed by atoms with Crippen molar-refractivity contribution in [2.45, 2.75) is 24.2 Å². The first-order chi connectivity index (χ1) is 11.0. The Hall–Kier alpha value is -2.18. The lowest BCUT2D eigenvalue weighted by Crippen LogP contribution is -2.32. The van der Waals surface area contributed by atoms with Gasteiger partial charge in [-0.3, -0.25) is 4.79 Å². The summed E-state index contributed by atoms with van der Waals surface area (Å²) < 4.78 is 26.9. The fourth-order valence-corrected chi connectivity index (χ4v) is 3.72. The molecule has 1 aliphatic rings. The van der Waals surface area contributed by atoms with Gasteiger partial charge in [0.1, 0.15) is 0 Å². The second-order valence-electron chi connectivity index (χ2n) is 5.52. The topological polar surface area (TPSA) is 75.3 Å². The number of carbonyl (C=O) groups excluding carboxylic acids is 1. The number of amides is 1. The Morgan fingerprint density at radius 3 is 2.52 bits per heavy atom. The normalized spacial score (nSPS) is 13.6. The number of rotatable bonds is 5. The van der Waals surface area contributed by atoms with E-state index in [0.29, 0.717) is 5.69 Å². The Balaban J connectivity index is 1.64. The third-order valence-corrected chi connectivity index (χ3v) is 5.26. The van der Waals surface area contributed by atoms with Crippen molar-refractivity contribution in [1.82, 2.24) is 4.72 Å². The number of hydrogen-bond acceptors (Lipinski definition) is 3. The highest BCUT2D eigenvalue weighted by Gasteiger charge is 2.19. The second-order valence-corrected chi connectivity index (χ2v) is 7.29. The second kappa shape index (κ2) is 6.52. The van der Waals surface area contributed by atoms with Gasteiger partial charge in [-0.2, -0.15) is 0 Å². The molecule has 1 aliphatic carbocycles. The van der Waals surface area contributed by atoms with E-state index in [1.807, 2.05) is 12.1 Å². The van der Waals surface area contributed by atoms with Crippen LogP contribution in [0.1, 0.15) is 17.5 Å². The summed E-state index contributed by atoms with van der Waals surface area (Å²) in [6.45, 7) is -0.297. The molecule has 5 nitrogen and oxygen atoms in total. The predicted molar refractivity (Wildman–Crippen MR) is 88.7 cm³/mol. The molecular weight excluding hydrogens is 312 g/mol. The van der Waals surface area contributed by atoms with Crippen LogP contribution in [0.15, 0.2) is 53.4 Å². The lowest BCUT2D eigenvalue weighted by atomic mass is 10.1. The summed E-state index contributed by atoms with van der Waals surface area (Å²) in [5.41, 5.74) is 2.93. The molecule has 0 aromatic heterocycles. The van der Waals surface area contributed by atoms with Gasteiger partial charge in [-0.15, -0.1) is 0 Å². The number of benzene rings is 2. The molecule has 23 heavy (non-hydrogen) atoms. The van der Waals surface area contributed by atoms with Crippen molar-refractivity contribution >= 4 is 21.6 Å². The van der Waals surface area contributed by atoms with E-state index in [-0.39, 0.29) is 11.4 Å². The molecule has 0 spiro atoms. The maximum absolute atomic E-state index is 12.3. The lowest BCUT2D eigenvalue weighted by molar-refractivity contribution is -0.115. The van der Waals surface area contributed by atoms with Crippen LogP contribution in [-0.4, -0.2) is 20.9 Å². The Morgan fingerprint density at radius 1 is 1.00 bits per heavy atom. The van der Waals surface area contributed by atoms with Gasteiger partial charge in [0.25, 0.3) is 0 Å². The number of anilines is 1. The van der Waals surface area contributed by atoms with Gasteiger partial charge in [0, 0.05) is 5.69 Å². The third kappa shape index (κ3) is 3.78. The highest BCUT2D eigenvalue weighted by molar-refractivity contribution is 7.89. The number of carbonyl (C=O) groups is 1. The molecule has 6 heteroatoms. The van der Waals surface area contributed by atoms with Gasteiger partial charge in [-0.1, -0.05) is 24.3 Å². The fourth-order valence-electron chi connectivity index (χ4n) is 2.69. The molecule has 2 N–H and O–H groups in total. The quantitative estimate of drug-likeness (QED) is 0.881. The van der Waals surface area contributed by atoms with Gasteiger partial charge >= 0.3 is 0 Å². The van der Waals surface area contributed by atoms with Crippen LogP contribution in [0, 0.1) is 0 Å². The molecule has 2 aromatic carbocycles. The van der Waals surface area contributed by atoms with Crippen molar-refractivity contribution in [2.24, 2.45) is 0 Å². The van der Waals surface area contributed by atoms with Crippen molar-refractivity contribution in [3.05, 3.63) is 59.7 Å². The van der Waals surface area contributed by atoms with Crippen molar-refractivity contribution in [1.29, 1.82) is 0 Å². The summed E-state index contributed by atoms with van der Waals surface area (Å²) in [4.78, 5) is 12.1. The maximum Gasteiger partial charge on any atom is 0.241 e. The van der Waals surface area contributed by atoms with Crippen LogP contribution in [0.5, 0.6) is 0 Å². The molecule has 1 amide bonds. The minimum Gasteiger partial charge on any atom is -0.325 e. The Labute approximate surface area is 135 Å².